The molecule has 0 bridgehead atoms. The standard InChI is InChI=1S/C30H43N5O4/c1-9-12-24-25(29(37)39-10-2)27(32-21(8)31-24)28(36)34-15-16-35(20(7)17-34)30(38)33-26-22(18(3)4)13-11-14-23(26)19(5)6/h11,13-14,18-20H,9-10,12,15-17H2,1-8H3,(H,33,38). The first-order valence-corrected chi connectivity index (χ1v) is 14.0. The average molecular weight is 538 g/mol. The second kappa shape index (κ2) is 13.0. The molecule has 0 radical (unpaired) electrons. The summed E-state index contributed by atoms with van der Waals surface area (Å²) in [5.41, 5.74) is 3.82. The number of nitrogens with zero attached hydrogens (tertiary/aromatic N) is 4. The van der Waals surface area contributed by atoms with Crippen LogP contribution in [0.2, 0.25) is 0 Å². The maximum atomic E-state index is 13.7. The molecule has 0 saturated carbocycles. The quantitative estimate of drug-likeness (QED) is 0.444. The number of carbonyl (C=O) groups excluding carboxylic acids is 3. The molecule has 1 fully saturated rings. The Hall–Kier alpha value is -3.49. The van der Waals surface area contributed by atoms with E-state index in [1.807, 2.05) is 19.9 Å². The monoisotopic (exact) mass is 537 g/mol. The van der Waals surface area contributed by atoms with Crippen molar-refractivity contribution in [1.29, 1.82) is 0 Å². The van der Waals surface area contributed by atoms with Gasteiger partial charge in [-0.15, -0.1) is 0 Å². The molecular weight excluding hydrogens is 494 g/mol. The fraction of sp³-hybridized carbons (Fsp3) is 0.567. The van der Waals surface area contributed by atoms with Crippen LogP contribution in [0.1, 0.15) is 110 Å². The maximum absolute atomic E-state index is 13.7. The lowest BCUT2D eigenvalue weighted by atomic mass is 9.92. The van der Waals surface area contributed by atoms with Gasteiger partial charge in [0.05, 0.1) is 12.3 Å². The number of urea groups is 1. The molecule has 1 aromatic carbocycles. The van der Waals surface area contributed by atoms with Crippen LogP contribution in [0.5, 0.6) is 0 Å². The van der Waals surface area contributed by atoms with Crippen molar-refractivity contribution < 1.29 is 19.1 Å². The molecule has 1 aliphatic rings. The van der Waals surface area contributed by atoms with Crippen molar-refractivity contribution in [1.82, 2.24) is 19.8 Å². The maximum Gasteiger partial charge on any atom is 0.342 e. The Morgan fingerprint density at radius 2 is 1.69 bits per heavy atom. The van der Waals surface area contributed by atoms with Gasteiger partial charge in [-0.3, -0.25) is 4.79 Å². The molecule has 1 unspecified atom stereocenters. The molecule has 39 heavy (non-hydrogen) atoms. The number of esters is 1. The third-order valence-corrected chi connectivity index (χ3v) is 7.05. The summed E-state index contributed by atoms with van der Waals surface area (Å²) in [6.07, 6.45) is 1.30. The molecule has 1 aromatic heterocycles. The highest BCUT2D eigenvalue weighted by atomic mass is 16.5. The molecule has 3 amide bonds. The van der Waals surface area contributed by atoms with E-state index < -0.39 is 5.97 Å². The number of piperazine rings is 1. The number of aromatic nitrogens is 2. The number of aryl methyl sites for hydroxylation is 2. The van der Waals surface area contributed by atoms with E-state index in [0.29, 0.717) is 37.6 Å². The van der Waals surface area contributed by atoms with Gasteiger partial charge in [0.25, 0.3) is 5.91 Å². The lowest BCUT2D eigenvalue weighted by Crippen LogP contribution is -2.56. The fourth-order valence-corrected chi connectivity index (χ4v) is 5.09. The molecule has 1 saturated heterocycles. The zero-order valence-corrected chi connectivity index (χ0v) is 24.6. The zero-order valence-electron chi connectivity index (χ0n) is 24.6. The number of carbonyl (C=O) groups is 3. The highest BCUT2D eigenvalue weighted by Gasteiger charge is 2.34. The van der Waals surface area contributed by atoms with Crippen LogP contribution in [0.15, 0.2) is 18.2 Å². The molecule has 0 spiro atoms. The Kier molecular flexibility index (Phi) is 10.1. The summed E-state index contributed by atoms with van der Waals surface area (Å²) in [7, 11) is 0. The van der Waals surface area contributed by atoms with Gasteiger partial charge in [-0.1, -0.05) is 59.2 Å². The van der Waals surface area contributed by atoms with Crippen molar-refractivity contribution in [3.05, 3.63) is 52.1 Å². The topological polar surface area (TPSA) is 105 Å². The number of hydrogen-bond acceptors (Lipinski definition) is 6. The molecule has 0 aliphatic carbocycles. The predicted molar refractivity (Wildman–Crippen MR) is 152 cm³/mol. The summed E-state index contributed by atoms with van der Waals surface area (Å²) in [6.45, 7) is 17.0. The van der Waals surface area contributed by atoms with Crippen LogP contribution >= 0.6 is 0 Å². The van der Waals surface area contributed by atoms with Crippen LogP contribution in [-0.2, 0) is 11.2 Å². The highest BCUT2D eigenvalue weighted by Crippen LogP contribution is 2.33. The number of hydrogen-bond donors (Lipinski definition) is 1. The molecule has 212 valence electrons. The summed E-state index contributed by atoms with van der Waals surface area (Å²) in [5.74, 6) is 0.0210. The van der Waals surface area contributed by atoms with Crippen molar-refractivity contribution in [2.45, 2.75) is 86.1 Å². The Morgan fingerprint density at radius 1 is 1.05 bits per heavy atom. The number of benzene rings is 1. The highest BCUT2D eigenvalue weighted by molar-refractivity contribution is 6.04. The Morgan fingerprint density at radius 3 is 2.23 bits per heavy atom. The van der Waals surface area contributed by atoms with E-state index in [1.54, 1.807) is 23.6 Å². The second-order valence-electron chi connectivity index (χ2n) is 10.8. The summed E-state index contributed by atoms with van der Waals surface area (Å²) in [4.78, 5) is 52.3. The minimum Gasteiger partial charge on any atom is -0.462 e. The zero-order chi connectivity index (χ0) is 28.9. The summed E-state index contributed by atoms with van der Waals surface area (Å²) in [5, 5.41) is 3.19. The lowest BCUT2D eigenvalue weighted by Gasteiger charge is -2.40. The molecule has 9 nitrogen and oxygen atoms in total. The Bertz CT molecular complexity index is 1180. The number of para-hydroxylation sites is 1. The van der Waals surface area contributed by atoms with Gasteiger partial charge in [0.1, 0.15) is 17.1 Å². The van der Waals surface area contributed by atoms with E-state index >= 15 is 0 Å². The Labute approximate surface area is 232 Å². The van der Waals surface area contributed by atoms with Crippen LogP contribution in [0.3, 0.4) is 0 Å². The van der Waals surface area contributed by atoms with Gasteiger partial charge < -0.3 is 19.9 Å². The van der Waals surface area contributed by atoms with Crippen LogP contribution in [0.4, 0.5) is 10.5 Å². The number of nitrogens with one attached hydrogen (secondary N) is 1. The van der Waals surface area contributed by atoms with Crippen molar-refractivity contribution in [3.8, 4) is 0 Å². The van der Waals surface area contributed by atoms with Crippen LogP contribution < -0.4 is 5.32 Å². The smallest absolute Gasteiger partial charge is 0.342 e. The third-order valence-electron chi connectivity index (χ3n) is 7.05. The van der Waals surface area contributed by atoms with Crippen LogP contribution in [0, 0.1) is 6.92 Å². The summed E-state index contributed by atoms with van der Waals surface area (Å²) >= 11 is 0. The van der Waals surface area contributed by atoms with E-state index in [1.165, 1.54) is 0 Å². The van der Waals surface area contributed by atoms with Gasteiger partial charge >= 0.3 is 12.0 Å². The van der Waals surface area contributed by atoms with Gasteiger partial charge in [-0.25, -0.2) is 19.6 Å². The average Bonchev–Trinajstić information content (AvgIpc) is 2.87. The number of amides is 3. The second-order valence-corrected chi connectivity index (χ2v) is 10.8. The van der Waals surface area contributed by atoms with Crippen LogP contribution in [-0.4, -0.2) is 70.0 Å². The SMILES string of the molecule is CCCc1nc(C)nc(C(=O)N2CCN(C(=O)Nc3c(C(C)C)cccc3C(C)C)C(C)C2)c1C(=O)OCC. The number of ether oxygens (including phenoxy) is 1. The van der Waals surface area contributed by atoms with E-state index in [0.717, 1.165) is 23.2 Å². The van der Waals surface area contributed by atoms with Gasteiger partial charge in [-0.2, -0.15) is 0 Å². The van der Waals surface area contributed by atoms with Gasteiger partial charge in [0.2, 0.25) is 0 Å². The van der Waals surface area contributed by atoms with E-state index in [2.05, 4.69) is 55.1 Å². The molecule has 9 heteroatoms. The Balaban J connectivity index is 1.83. The first-order chi connectivity index (χ1) is 18.5. The molecule has 2 aromatic rings. The molecule has 1 N–H and O–H groups in total. The summed E-state index contributed by atoms with van der Waals surface area (Å²) in [6, 6.07) is 5.74. The van der Waals surface area contributed by atoms with E-state index in [4.69, 9.17) is 4.74 Å². The predicted octanol–water partition coefficient (Wildman–Crippen LogP) is 5.54. The van der Waals surface area contributed by atoms with Crippen LogP contribution in [0.25, 0.3) is 0 Å². The molecule has 1 atom stereocenters. The van der Waals surface area contributed by atoms with E-state index in [-0.39, 0.29) is 47.7 Å². The van der Waals surface area contributed by atoms with Crippen molar-refractivity contribution in [2.24, 2.45) is 0 Å². The number of rotatable bonds is 8. The third kappa shape index (κ3) is 6.75. The first kappa shape index (κ1) is 30.1. The molecule has 2 heterocycles. The largest absolute Gasteiger partial charge is 0.462 e. The van der Waals surface area contributed by atoms with Gasteiger partial charge in [0, 0.05) is 31.4 Å². The minimum absolute atomic E-state index is 0.0712. The fourth-order valence-electron chi connectivity index (χ4n) is 5.09. The molecule has 1 aliphatic heterocycles. The molecule has 3 rings (SSSR count). The number of anilines is 1. The van der Waals surface area contributed by atoms with Gasteiger partial charge in [0.15, 0.2) is 0 Å². The van der Waals surface area contributed by atoms with E-state index in [9.17, 15) is 14.4 Å². The lowest BCUT2D eigenvalue weighted by molar-refractivity contribution is 0.0502. The van der Waals surface area contributed by atoms with Crippen molar-refractivity contribution >= 4 is 23.6 Å². The van der Waals surface area contributed by atoms with Crippen molar-refractivity contribution in [3.63, 3.8) is 0 Å². The molecular formula is C30H43N5O4. The first-order valence-electron chi connectivity index (χ1n) is 14.0. The summed E-state index contributed by atoms with van der Waals surface area (Å²) < 4.78 is 5.26. The van der Waals surface area contributed by atoms with Gasteiger partial charge in [-0.05, 0) is 50.2 Å². The van der Waals surface area contributed by atoms with Crippen molar-refractivity contribution in [2.75, 3.05) is 31.6 Å². The minimum atomic E-state index is -0.583. The normalized spacial score (nSPS) is 15.6.